The predicted molar refractivity (Wildman–Crippen MR) is 155 cm³/mol. The van der Waals surface area contributed by atoms with Gasteiger partial charge in [0.2, 0.25) is 5.13 Å². The normalized spacial score (nSPS) is 15.6. The first-order chi connectivity index (χ1) is 18.3. The van der Waals surface area contributed by atoms with Gasteiger partial charge in [-0.05, 0) is 36.3 Å². The maximum Gasteiger partial charge on any atom is 0.204 e. The molecule has 1 aliphatic heterocycles. The number of aromatic nitrogens is 1. The van der Waals surface area contributed by atoms with Crippen LogP contribution in [0, 0.1) is 6.92 Å². The third-order valence-corrected chi connectivity index (χ3v) is 7.34. The molecule has 0 fully saturated rings. The van der Waals surface area contributed by atoms with Crippen LogP contribution in [0.1, 0.15) is 28.2 Å². The molecule has 0 saturated carbocycles. The number of allylic oxidation sites excluding steroid dienone is 2. The number of hydrogen-bond acceptors (Lipinski definition) is 5. The topological polar surface area (TPSA) is 46.5 Å². The zero-order valence-corrected chi connectivity index (χ0v) is 21.2. The lowest BCUT2D eigenvalue weighted by atomic mass is 9.84. The molecule has 6 rings (SSSR count). The minimum atomic E-state index is -0.0405. The third kappa shape index (κ3) is 4.82. The minimum absolute atomic E-state index is 0.0405. The van der Waals surface area contributed by atoms with Gasteiger partial charge in [-0.25, -0.2) is 4.98 Å². The molecule has 0 aliphatic carbocycles. The summed E-state index contributed by atoms with van der Waals surface area (Å²) in [6.45, 7) is 2.15. The first-order valence-corrected chi connectivity index (χ1v) is 13.0. The van der Waals surface area contributed by atoms with Crippen LogP contribution in [-0.4, -0.2) is 11.2 Å². The molecule has 5 heteroatoms. The Hall–Kier alpha value is -4.48. The standard InChI is InChI=1S/C32H25N3OS/c1-22-12-8-9-17-25(22)26-20-29(23-13-4-2-5-14-23)36-31(24-15-6-3-7-16-24)27(26)21-33-35-32-34-28-18-10-11-19-30(28)37-32/h2-21,26H,1H3,(H,34,35)/t26-/m1/s1. The van der Waals surface area contributed by atoms with Gasteiger partial charge in [0.15, 0.2) is 0 Å². The Labute approximate surface area is 220 Å². The smallest absolute Gasteiger partial charge is 0.204 e. The minimum Gasteiger partial charge on any atom is -0.456 e. The molecule has 1 atom stereocenters. The summed E-state index contributed by atoms with van der Waals surface area (Å²) in [5.74, 6) is 1.59. The number of anilines is 1. The van der Waals surface area contributed by atoms with Crippen molar-refractivity contribution >= 4 is 44.4 Å². The Morgan fingerprint density at radius 1 is 0.811 bits per heavy atom. The first kappa shape index (κ1) is 23.0. The van der Waals surface area contributed by atoms with Crippen molar-refractivity contribution in [3.8, 4) is 0 Å². The van der Waals surface area contributed by atoms with E-state index in [4.69, 9.17) is 4.74 Å². The van der Waals surface area contributed by atoms with Crippen LogP contribution in [0.2, 0.25) is 0 Å². The average Bonchev–Trinajstić information content (AvgIpc) is 3.37. The predicted octanol–water partition coefficient (Wildman–Crippen LogP) is 8.27. The van der Waals surface area contributed by atoms with Gasteiger partial charge in [-0.15, -0.1) is 0 Å². The third-order valence-electron chi connectivity index (χ3n) is 6.40. The van der Waals surface area contributed by atoms with Gasteiger partial charge in [-0.2, -0.15) is 5.10 Å². The van der Waals surface area contributed by atoms with Crippen LogP contribution in [0.25, 0.3) is 21.7 Å². The van der Waals surface area contributed by atoms with Crippen molar-refractivity contribution in [3.63, 3.8) is 0 Å². The van der Waals surface area contributed by atoms with Crippen LogP contribution in [0.15, 0.2) is 126 Å². The highest BCUT2D eigenvalue weighted by molar-refractivity contribution is 7.22. The average molecular weight is 500 g/mol. The zero-order valence-electron chi connectivity index (χ0n) is 20.3. The van der Waals surface area contributed by atoms with Crippen LogP contribution < -0.4 is 5.43 Å². The Morgan fingerprint density at radius 3 is 2.24 bits per heavy atom. The largest absolute Gasteiger partial charge is 0.456 e. The molecule has 1 N–H and O–H groups in total. The summed E-state index contributed by atoms with van der Waals surface area (Å²) in [4.78, 5) is 4.65. The van der Waals surface area contributed by atoms with E-state index in [0.29, 0.717) is 0 Å². The highest BCUT2D eigenvalue weighted by Gasteiger charge is 2.28. The number of thiazole rings is 1. The molecule has 0 spiro atoms. The number of nitrogens with zero attached hydrogens (tertiary/aromatic N) is 2. The molecule has 180 valence electrons. The van der Waals surface area contributed by atoms with Gasteiger partial charge in [-0.3, -0.25) is 5.43 Å². The van der Waals surface area contributed by atoms with Crippen molar-refractivity contribution in [1.29, 1.82) is 0 Å². The lowest BCUT2D eigenvalue weighted by Crippen LogP contribution is -2.14. The van der Waals surface area contributed by atoms with E-state index in [0.717, 1.165) is 43.6 Å². The molecule has 37 heavy (non-hydrogen) atoms. The van der Waals surface area contributed by atoms with Crippen LogP contribution in [0.5, 0.6) is 0 Å². The molecule has 5 aromatic rings. The molecular formula is C32H25N3OS. The number of para-hydroxylation sites is 1. The van der Waals surface area contributed by atoms with Crippen molar-refractivity contribution < 1.29 is 4.74 Å². The second kappa shape index (κ2) is 10.2. The number of benzene rings is 4. The van der Waals surface area contributed by atoms with E-state index in [1.807, 2.05) is 60.8 Å². The maximum atomic E-state index is 6.62. The number of nitrogens with one attached hydrogen (secondary N) is 1. The number of rotatable bonds is 6. The lowest BCUT2D eigenvalue weighted by Gasteiger charge is -2.28. The van der Waals surface area contributed by atoms with Crippen molar-refractivity contribution in [2.75, 3.05) is 5.43 Å². The molecule has 0 saturated heterocycles. The summed E-state index contributed by atoms with van der Waals surface area (Å²) in [6.07, 6.45) is 4.08. The Balaban J connectivity index is 1.45. The monoisotopic (exact) mass is 499 g/mol. The molecular weight excluding hydrogens is 474 g/mol. The molecule has 1 aromatic heterocycles. The van der Waals surface area contributed by atoms with E-state index in [1.54, 1.807) is 11.3 Å². The molecule has 0 bridgehead atoms. The highest BCUT2D eigenvalue weighted by atomic mass is 32.1. The molecule has 0 amide bonds. The molecule has 4 nitrogen and oxygen atoms in total. The van der Waals surface area contributed by atoms with Crippen molar-refractivity contribution in [1.82, 2.24) is 4.98 Å². The van der Waals surface area contributed by atoms with Crippen LogP contribution >= 0.6 is 11.3 Å². The Kier molecular flexibility index (Phi) is 6.36. The van der Waals surface area contributed by atoms with Gasteiger partial charge in [0.1, 0.15) is 11.5 Å². The van der Waals surface area contributed by atoms with Gasteiger partial charge >= 0.3 is 0 Å². The Bertz CT molecular complexity index is 1600. The summed E-state index contributed by atoms with van der Waals surface area (Å²) in [5.41, 5.74) is 9.57. The van der Waals surface area contributed by atoms with Gasteiger partial charge in [0.25, 0.3) is 0 Å². The van der Waals surface area contributed by atoms with E-state index in [9.17, 15) is 0 Å². The fourth-order valence-electron chi connectivity index (χ4n) is 4.57. The summed E-state index contributed by atoms with van der Waals surface area (Å²) < 4.78 is 7.75. The van der Waals surface area contributed by atoms with E-state index in [1.165, 1.54) is 11.1 Å². The summed E-state index contributed by atoms with van der Waals surface area (Å²) in [6, 6.07) is 37.1. The number of aryl methyl sites for hydroxylation is 1. The number of hydrogen-bond donors (Lipinski definition) is 1. The molecule has 1 aliphatic rings. The van der Waals surface area contributed by atoms with Gasteiger partial charge in [0, 0.05) is 22.6 Å². The lowest BCUT2D eigenvalue weighted by molar-refractivity contribution is 0.456. The first-order valence-electron chi connectivity index (χ1n) is 12.2. The summed E-state index contributed by atoms with van der Waals surface area (Å²) >= 11 is 1.58. The molecule has 0 unspecified atom stereocenters. The van der Waals surface area contributed by atoms with Crippen molar-refractivity contribution in [2.45, 2.75) is 12.8 Å². The van der Waals surface area contributed by atoms with Gasteiger partial charge in [-0.1, -0.05) is 108 Å². The van der Waals surface area contributed by atoms with Gasteiger partial charge < -0.3 is 4.74 Å². The van der Waals surface area contributed by atoms with E-state index in [-0.39, 0.29) is 5.92 Å². The summed E-state index contributed by atoms with van der Waals surface area (Å²) in [5, 5.41) is 5.40. The number of hydrazone groups is 1. The van der Waals surface area contributed by atoms with E-state index < -0.39 is 0 Å². The fourth-order valence-corrected chi connectivity index (χ4v) is 5.38. The quantitative estimate of drug-likeness (QED) is 0.189. The van der Waals surface area contributed by atoms with Gasteiger partial charge in [0.05, 0.1) is 16.4 Å². The van der Waals surface area contributed by atoms with Crippen LogP contribution in [0.3, 0.4) is 0 Å². The maximum absolute atomic E-state index is 6.62. The van der Waals surface area contributed by atoms with Crippen LogP contribution in [-0.2, 0) is 4.74 Å². The van der Waals surface area contributed by atoms with Crippen LogP contribution in [0.4, 0.5) is 5.13 Å². The summed E-state index contributed by atoms with van der Waals surface area (Å²) in [7, 11) is 0. The number of fused-ring (bicyclic) bond motifs is 1. The SMILES string of the molecule is Cc1ccccc1[C@H]1C=C(c2ccccc2)OC(c2ccccc2)=C1C=NNc1nc2ccccc2s1. The van der Waals surface area contributed by atoms with Crippen molar-refractivity contribution in [3.05, 3.63) is 143 Å². The van der Waals surface area contributed by atoms with E-state index >= 15 is 0 Å². The molecule has 0 radical (unpaired) electrons. The fraction of sp³-hybridized carbons (Fsp3) is 0.0625. The molecule has 4 aromatic carbocycles. The second-order valence-electron chi connectivity index (χ2n) is 8.84. The highest BCUT2D eigenvalue weighted by Crippen LogP contribution is 2.41. The van der Waals surface area contributed by atoms with E-state index in [2.05, 4.69) is 83.1 Å². The Morgan fingerprint density at radius 2 is 1.49 bits per heavy atom. The second-order valence-corrected chi connectivity index (χ2v) is 9.87. The number of ether oxygens (including phenoxy) is 1. The molecule has 2 heterocycles. The zero-order chi connectivity index (χ0) is 25.0. The van der Waals surface area contributed by atoms with Crippen molar-refractivity contribution in [2.24, 2.45) is 5.10 Å².